The maximum Gasteiger partial charge on any atom is 0.327 e. The van der Waals surface area contributed by atoms with Crippen molar-refractivity contribution < 1.29 is 23.9 Å². The molecular formula is C20H19N3O5. The Morgan fingerprint density at radius 2 is 1.71 bits per heavy atom. The van der Waals surface area contributed by atoms with Gasteiger partial charge in [-0.15, -0.1) is 0 Å². The minimum atomic E-state index is -0.830. The van der Waals surface area contributed by atoms with E-state index in [4.69, 9.17) is 4.74 Å². The lowest BCUT2D eigenvalue weighted by Gasteiger charge is -2.14. The number of amides is 4. The summed E-state index contributed by atoms with van der Waals surface area (Å²) >= 11 is 0. The molecule has 2 aromatic carbocycles. The van der Waals surface area contributed by atoms with E-state index in [1.165, 1.54) is 11.9 Å². The van der Waals surface area contributed by atoms with Gasteiger partial charge in [0.2, 0.25) is 0 Å². The fraction of sp³-hybridized carbons (Fsp3) is 0.200. The number of carbonyl (C=O) groups is 4. The number of nitrogens with one attached hydrogen (secondary N) is 1. The van der Waals surface area contributed by atoms with Crippen molar-refractivity contribution in [2.24, 2.45) is 0 Å². The summed E-state index contributed by atoms with van der Waals surface area (Å²) in [6.45, 7) is -1.12. The molecule has 28 heavy (non-hydrogen) atoms. The summed E-state index contributed by atoms with van der Waals surface area (Å²) in [5.41, 5.74) is 2.35. The molecular weight excluding hydrogens is 362 g/mol. The Kier molecular flexibility index (Phi) is 5.69. The number of nitrogens with zero attached hydrogens (tertiary/aromatic N) is 2. The van der Waals surface area contributed by atoms with Gasteiger partial charge < -0.3 is 15.0 Å². The van der Waals surface area contributed by atoms with E-state index in [-0.39, 0.29) is 6.54 Å². The van der Waals surface area contributed by atoms with Crippen molar-refractivity contribution in [1.82, 2.24) is 9.80 Å². The van der Waals surface area contributed by atoms with Crippen LogP contribution in [0.25, 0.3) is 11.1 Å². The first-order valence-electron chi connectivity index (χ1n) is 8.61. The summed E-state index contributed by atoms with van der Waals surface area (Å²) in [5.74, 6) is -1.83. The zero-order valence-electron chi connectivity index (χ0n) is 15.3. The van der Waals surface area contributed by atoms with Crippen LogP contribution >= 0.6 is 0 Å². The summed E-state index contributed by atoms with van der Waals surface area (Å²) in [5, 5.41) is 2.71. The zero-order chi connectivity index (χ0) is 20.1. The molecule has 3 rings (SSSR count). The van der Waals surface area contributed by atoms with Crippen molar-refractivity contribution >= 4 is 29.5 Å². The van der Waals surface area contributed by atoms with Crippen molar-refractivity contribution in [2.75, 3.05) is 32.1 Å². The maximum atomic E-state index is 12.2. The van der Waals surface area contributed by atoms with E-state index >= 15 is 0 Å². The van der Waals surface area contributed by atoms with Gasteiger partial charge in [-0.2, -0.15) is 0 Å². The van der Waals surface area contributed by atoms with Gasteiger partial charge in [0.15, 0.2) is 6.61 Å². The Labute approximate surface area is 161 Å². The third-order valence-electron chi connectivity index (χ3n) is 4.17. The Balaban J connectivity index is 1.56. The van der Waals surface area contributed by atoms with Crippen LogP contribution in [-0.4, -0.2) is 60.4 Å². The first-order valence-corrected chi connectivity index (χ1v) is 8.61. The van der Waals surface area contributed by atoms with Crippen molar-refractivity contribution in [3.05, 3.63) is 54.6 Å². The van der Waals surface area contributed by atoms with Crippen LogP contribution in [-0.2, 0) is 19.1 Å². The molecule has 4 amide bonds. The lowest BCUT2D eigenvalue weighted by atomic mass is 10.0. The van der Waals surface area contributed by atoms with E-state index in [1.807, 2.05) is 42.5 Å². The second-order valence-corrected chi connectivity index (χ2v) is 6.24. The first-order chi connectivity index (χ1) is 13.5. The SMILES string of the molecule is CN1CC(=O)N(CC(=O)OCC(=O)Nc2ccccc2-c2ccccc2)C1=O. The fourth-order valence-corrected chi connectivity index (χ4v) is 2.79. The molecule has 0 aromatic heterocycles. The van der Waals surface area contributed by atoms with Crippen LogP contribution in [0.2, 0.25) is 0 Å². The number of para-hydroxylation sites is 1. The third-order valence-corrected chi connectivity index (χ3v) is 4.17. The van der Waals surface area contributed by atoms with Gasteiger partial charge in [-0.1, -0.05) is 48.5 Å². The highest BCUT2D eigenvalue weighted by Crippen LogP contribution is 2.27. The Hall–Kier alpha value is -3.68. The van der Waals surface area contributed by atoms with Gasteiger partial charge in [0.05, 0.1) is 0 Å². The molecule has 1 heterocycles. The highest BCUT2D eigenvalue weighted by molar-refractivity contribution is 6.04. The largest absolute Gasteiger partial charge is 0.454 e. The number of hydrogen-bond donors (Lipinski definition) is 1. The third kappa shape index (κ3) is 4.35. The van der Waals surface area contributed by atoms with E-state index in [9.17, 15) is 19.2 Å². The molecule has 0 spiro atoms. The molecule has 1 fully saturated rings. The number of esters is 1. The zero-order valence-corrected chi connectivity index (χ0v) is 15.3. The molecule has 1 N–H and O–H groups in total. The molecule has 8 heteroatoms. The van der Waals surface area contributed by atoms with Crippen molar-refractivity contribution in [1.29, 1.82) is 0 Å². The number of imide groups is 1. The highest BCUT2D eigenvalue weighted by atomic mass is 16.5. The molecule has 8 nitrogen and oxygen atoms in total. The fourth-order valence-electron chi connectivity index (χ4n) is 2.79. The number of likely N-dealkylation sites (N-methyl/N-ethyl adjacent to an activating group) is 1. The predicted octanol–water partition coefficient (Wildman–Crippen LogP) is 1.73. The molecule has 0 bridgehead atoms. The summed E-state index contributed by atoms with van der Waals surface area (Å²) in [7, 11) is 1.46. The van der Waals surface area contributed by atoms with Gasteiger partial charge in [0.1, 0.15) is 13.1 Å². The van der Waals surface area contributed by atoms with Crippen molar-refractivity contribution in [3.63, 3.8) is 0 Å². The van der Waals surface area contributed by atoms with E-state index in [2.05, 4.69) is 5.32 Å². The predicted molar refractivity (Wildman–Crippen MR) is 101 cm³/mol. The second kappa shape index (κ2) is 8.34. The molecule has 0 atom stereocenters. The van der Waals surface area contributed by atoms with Gasteiger partial charge in [-0.25, -0.2) is 4.79 Å². The highest BCUT2D eigenvalue weighted by Gasteiger charge is 2.35. The first kappa shape index (κ1) is 19.1. The molecule has 1 aliphatic rings. The van der Waals surface area contributed by atoms with E-state index in [1.54, 1.807) is 12.1 Å². The second-order valence-electron chi connectivity index (χ2n) is 6.24. The van der Waals surface area contributed by atoms with Crippen LogP contribution in [0.15, 0.2) is 54.6 Å². The van der Waals surface area contributed by atoms with Gasteiger partial charge in [0.25, 0.3) is 11.8 Å². The van der Waals surface area contributed by atoms with Crippen molar-refractivity contribution in [2.45, 2.75) is 0 Å². The number of carbonyl (C=O) groups excluding carboxylic acids is 4. The molecule has 1 saturated heterocycles. The number of hydrogen-bond acceptors (Lipinski definition) is 5. The molecule has 1 aliphatic heterocycles. The topological polar surface area (TPSA) is 96.0 Å². The molecule has 0 radical (unpaired) electrons. The van der Waals surface area contributed by atoms with Crippen LogP contribution < -0.4 is 5.32 Å². The van der Waals surface area contributed by atoms with Gasteiger partial charge in [-0.3, -0.25) is 19.3 Å². The van der Waals surface area contributed by atoms with E-state index in [0.29, 0.717) is 5.69 Å². The standard InChI is InChI=1S/C20H19N3O5/c1-22-11-18(25)23(20(22)27)12-19(26)28-13-17(24)21-16-10-6-5-9-15(16)14-7-3-2-4-8-14/h2-10H,11-13H2,1H3,(H,21,24). The Morgan fingerprint density at radius 1 is 1.04 bits per heavy atom. The smallest absolute Gasteiger partial charge is 0.327 e. The lowest BCUT2D eigenvalue weighted by Crippen LogP contribution is -2.37. The normalized spacial score (nSPS) is 13.6. The summed E-state index contributed by atoms with van der Waals surface area (Å²) in [6.07, 6.45) is 0. The lowest BCUT2D eigenvalue weighted by molar-refractivity contribution is -0.149. The average Bonchev–Trinajstić information content (AvgIpc) is 2.93. The van der Waals surface area contributed by atoms with Gasteiger partial charge in [-0.05, 0) is 11.6 Å². The minimum Gasteiger partial charge on any atom is -0.454 e. The maximum absolute atomic E-state index is 12.2. The summed E-state index contributed by atoms with van der Waals surface area (Å²) in [4.78, 5) is 49.4. The summed E-state index contributed by atoms with van der Waals surface area (Å²) < 4.78 is 4.90. The van der Waals surface area contributed by atoms with Crippen LogP contribution in [0, 0.1) is 0 Å². The Bertz CT molecular complexity index is 913. The molecule has 2 aromatic rings. The minimum absolute atomic E-state index is 0.0805. The monoisotopic (exact) mass is 381 g/mol. The Morgan fingerprint density at radius 3 is 2.39 bits per heavy atom. The molecule has 0 aliphatic carbocycles. The number of ether oxygens (including phenoxy) is 1. The van der Waals surface area contributed by atoms with Crippen LogP contribution in [0.4, 0.5) is 10.5 Å². The number of anilines is 1. The number of rotatable bonds is 6. The number of urea groups is 1. The van der Waals surface area contributed by atoms with Gasteiger partial charge in [0, 0.05) is 18.3 Å². The van der Waals surface area contributed by atoms with E-state index in [0.717, 1.165) is 16.0 Å². The van der Waals surface area contributed by atoms with E-state index < -0.39 is 37.0 Å². The molecule has 0 unspecified atom stereocenters. The van der Waals surface area contributed by atoms with Crippen molar-refractivity contribution in [3.8, 4) is 11.1 Å². The van der Waals surface area contributed by atoms with Gasteiger partial charge >= 0.3 is 12.0 Å². The van der Waals surface area contributed by atoms with Crippen LogP contribution in [0.3, 0.4) is 0 Å². The summed E-state index contributed by atoms with van der Waals surface area (Å²) in [6, 6.07) is 16.2. The number of benzene rings is 2. The quantitative estimate of drug-likeness (QED) is 0.607. The van der Waals surface area contributed by atoms with Crippen LogP contribution in [0.5, 0.6) is 0 Å². The average molecular weight is 381 g/mol. The molecule has 0 saturated carbocycles. The molecule has 144 valence electrons. The van der Waals surface area contributed by atoms with Crippen LogP contribution in [0.1, 0.15) is 0 Å².